The van der Waals surface area contributed by atoms with Crippen LogP contribution < -0.4 is 5.32 Å². The number of carbonyl (C=O) groups is 1. The molecule has 0 aliphatic rings. The van der Waals surface area contributed by atoms with Gasteiger partial charge in [-0.05, 0) is 24.0 Å². The highest BCUT2D eigenvalue weighted by atomic mass is 35.5. The van der Waals surface area contributed by atoms with E-state index in [2.05, 4.69) is 10.3 Å². The number of hydrogen-bond acceptors (Lipinski definition) is 3. The zero-order chi connectivity index (χ0) is 13.8. The number of halogens is 1. The highest BCUT2D eigenvalue weighted by molar-refractivity contribution is 6.30. The summed E-state index contributed by atoms with van der Waals surface area (Å²) >= 11 is 5.82. The summed E-state index contributed by atoms with van der Waals surface area (Å²) in [7, 11) is 0. The molecule has 1 amide bonds. The minimum absolute atomic E-state index is 0.0329. The van der Waals surface area contributed by atoms with Crippen molar-refractivity contribution < 1.29 is 9.90 Å². The molecule has 1 rings (SSSR count). The molecule has 5 heteroatoms. The van der Waals surface area contributed by atoms with Crippen LogP contribution in [0.25, 0.3) is 0 Å². The van der Waals surface area contributed by atoms with Crippen LogP contribution in [-0.4, -0.2) is 28.6 Å². The molecular weight excluding hydrogens is 252 g/mol. The fourth-order valence-electron chi connectivity index (χ4n) is 1.61. The van der Waals surface area contributed by atoms with Gasteiger partial charge in [0.25, 0.3) is 5.91 Å². The number of amides is 1. The van der Waals surface area contributed by atoms with Crippen molar-refractivity contribution in [3.05, 3.63) is 29.0 Å². The SMILES string of the molecule is CC(C)(C)C(CCO)NC(=O)c1cc(Cl)ccn1. The van der Waals surface area contributed by atoms with Gasteiger partial charge in [-0.25, -0.2) is 0 Å². The zero-order valence-corrected chi connectivity index (χ0v) is 11.7. The van der Waals surface area contributed by atoms with Crippen LogP contribution in [-0.2, 0) is 0 Å². The quantitative estimate of drug-likeness (QED) is 0.882. The Bertz CT molecular complexity index is 416. The van der Waals surface area contributed by atoms with Crippen LogP contribution in [0.5, 0.6) is 0 Å². The Kier molecular flexibility index (Phi) is 5.11. The van der Waals surface area contributed by atoms with Gasteiger partial charge >= 0.3 is 0 Å². The maximum absolute atomic E-state index is 12.0. The Morgan fingerprint density at radius 3 is 2.72 bits per heavy atom. The van der Waals surface area contributed by atoms with Gasteiger partial charge < -0.3 is 10.4 Å². The molecule has 2 N–H and O–H groups in total. The lowest BCUT2D eigenvalue weighted by Crippen LogP contribution is -2.44. The van der Waals surface area contributed by atoms with Crippen molar-refractivity contribution in [2.24, 2.45) is 5.41 Å². The fraction of sp³-hybridized carbons (Fsp3) is 0.538. The number of nitrogens with one attached hydrogen (secondary N) is 1. The first-order chi connectivity index (χ1) is 8.34. The normalized spacial score (nSPS) is 13.2. The lowest BCUT2D eigenvalue weighted by atomic mass is 9.85. The minimum Gasteiger partial charge on any atom is -0.396 e. The van der Waals surface area contributed by atoms with Crippen molar-refractivity contribution >= 4 is 17.5 Å². The monoisotopic (exact) mass is 270 g/mol. The predicted octanol–water partition coefficient (Wildman–Crippen LogP) is 2.26. The summed E-state index contributed by atoms with van der Waals surface area (Å²) in [5.74, 6) is -0.272. The van der Waals surface area contributed by atoms with E-state index in [0.29, 0.717) is 11.4 Å². The molecule has 1 aromatic heterocycles. The lowest BCUT2D eigenvalue weighted by Gasteiger charge is -2.31. The van der Waals surface area contributed by atoms with Crippen LogP contribution in [0, 0.1) is 5.41 Å². The topological polar surface area (TPSA) is 62.2 Å². The molecule has 1 aromatic rings. The van der Waals surface area contributed by atoms with Crippen LogP contribution in [0.3, 0.4) is 0 Å². The van der Waals surface area contributed by atoms with Crippen LogP contribution in [0.2, 0.25) is 5.02 Å². The fourth-order valence-corrected chi connectivity index (χ4v) is 1.77. The van der Waals surface area contributed by atoms with E-state index >= 15 is 0 Å². The highest BCUT2D eigenvalue weighted by Crippen LogP contribution is 2.22. The molecule has 1 heterocycles. The number of carbonyl (C=O) groups excluding carboxylic acids is 1. The molecule has 100 valence electrons. The van der Waals surface area contributed by atoms with Crippen molar-refractivity contribution in [2.45, 2.75) is 33.2 Å². The molecule has 0 bridgehead atoms. The number of aliphatic hydroxyl groups is 1. The average molecular weight is 271 g/mol. The largest absolute Gasteiger partial charge is 0.396 e. The highest BCUT2D eigenvalue weighted by Gasteiger charge is 2.26. The van der Waals surface area contributed by atoms with Gasteiger partial charge in [-0.2, -0.15) is 0 Å². The Labute approximate surface area is 112 Å². The van der Waals surface area contributed by atoms with Crippen molar-refractivity contribution in [1.29, 1.82) is 0 Å². The first kappa shape index (κ1) is 14.9. The van der Waals surface area contributed by atoms with E-state index in [1.165, 1.54) is 12.3 Å². The second-order valence-electron chi connectivity index (χ2n) is 5.26. The summed E-state index contributed by atoms with van der Waals surface area (Å²) in [5.41, 5.74) is 0.159. The maximum atomic E-state index is 12.0. The zero-order valence-electron chi connectivity index (χ0n) is 10.9. The Morgan fingerprint density at radius 2 is 2.22 bits per heavy atom. The molecule has 0 saturated heterocycles. The molecule has 0 spiro atoms. The second-order valence-corrected chi connectivity index (χ2v) is 5.70. The third-order valence-corrected chi connectivity index (χ3v) is 2.96. The average Bonchev–Trinajstić information content (AvgIpc) is 2.27. The Morgan fingerprint density at radius 1 is 1.56 bits per heavy atom. The van der Waals surface area contributed by atoms with Gasteiger partial charge in [0.15, 0.2) is 0 Å². The number of rotatable bonds is 4. The van der Waals surface area contributed by atoms with Gasteiger partial charge in [0, 0.05) is 23.9 Å². The van der Waals surface area contributed by atoms with Crippen LogP contribution >= 0.6 is 11.6 Å². The smallest absolute Gasteiger partial charge is 0.270 e. The van der Waals surface area contributed by atoms with Crippen LogP contribution in [0.4, 0.5) is 0 Å². The van der Waals surface area contributed by atoms with Crippen LogP contribution in [0.1, 0.15) is 37.7 Å². The van der Waals surface area contributed by atoms with E-state index in [4.69, 9.17) is 16.7 Å². The summed E-state index contributed by atoms with van der Waals surface area (Å²) in [6.45, 7) is 6.07. The summed E-state index contributed by atoms with van der Waals surface area (Å²) in [5, 5.41) is 12.4. The van der Waals surface area contributed by atoms with E-state index in [9.17, 15) is 4.79 Å². The van der Waals surface area contributed by atoms with Crippen molar-refractivity contribution in [2.75, 3.05) is 6.61 Å². The van der Waals surface area contributed by atoms with Crippen LogP contribution in [0.15, 0.2) is 18.3 Å². The van der Waals surface area contributed by atoms with Gasteiger partial charge in [0.05, 0.1) is 0 Å². The maximum Gasteiger partial charge on any atom is 0.270 e. The van der Waals surface area contributed by atoms with Gasteiger partial charge in [0.2, 0.25) is 0 Å². The predicted molar refractivity (Wildman–Crippen MR) is 71.7 cm³/mol. The van der Waals surface area contributed by atoms with Crippen molar-refractivity contribution in [3.63, 3.8) is 0 Å². The standard InChI is InChI=1S/C13H19ClN2O2/c1-13(2,3)11(5-7-17)16-12(18)10-8-9(14)4-6-15-10/h4,6,8,11,17H,5,7H2,1-3H3,(H,16,18). The van der Waals surface area contributed by atoms with Gasteiger partial charge in [-0.15, -0.1) is 0 Å². The van der Waals surface area contributed by atoms with E-state index < -0.39 is 0 Å². The molecular formula is C13H19ClN2O2. The summed E-state index contributed by atoms with van der Waals surface area (Å²) in [4.78, 5) is 16.0. The van der Waals surface area contributed by atoms with Gasteiger partial charge in [-0.1, -0.05) is 32.4 Å². The number of aliphatic hydroxyl groups excluding tert-OH is 1. The number of aromatic nitrogens is 1. The molecule has 0 radical (unpaired) electrons. The summed E-state index contributed by atoms with van der Waals surface area (Å²) in [6, 6.07) is 3.03. The minimum atomic E-state index is -0.272. The molecule has 0 fully saturated rings. The first-order valence-corrected chi connectivity index (χ1v) is 6.25. The number of hydrogen-bond donors (Lipinski definition) is 2. The Balaban J connectivity index is 2.79. The number of pyridine rings is 1. The van der Waals surface area contributed by atoms with E-state index in [1.54, 1.807) is 6.07 Å². The molecule has 4 nitrogen and oxygen atoms in total. The molecule has 1 atom stereocenters. The van der Waals surface area contributed by atoms with E-state index in [1.807, 2.05) is 20.8 Å². The van der Waals surface area contributed by atoms with Crippen molar-refractivity contribution in [1.82, 2.24) is 10.3 Å². The molecule has 0 aromatic carbocycles. The summed E-state index contributed by atoms with van der Waals surface area (Å²) in [6.07, 6.45) is 2.01. The van der Waals surface area contributed by atoms with E-state index in [0.717, 1.165) is 0 Å². The molecule has 0 saturated carbocycles. The molecule has 1 unspecified atom stereocenters. The second kappa shape index (κ2) is 6.16. The first-order valence-electron chi connectivity index (χ1n) is 5.88. The number of nitrogens with zero attached hydrogens (tertiary/aromatic N) is 1. The van der Waals surface area contributed by atoms with Crippen molar-refractivity contribution in [3.8, 4) is 0 Å². The van der Waals surface area contributed by atoms with Gasteiger partial charge in [-0.3, -0.25) is 9.78 Å². The molecule has 0 aliphatic carbocycles. The lowest BCUT2D eigenvalue weighted by molar-refractivity contribution is 0.0880. The third kappa shape index (κ3) is 4.27. The van der Waals surface area contributed by atoms with E-state index in [-0.39, 0.29) is 29.7 Å². The van der Waals surface area contributed by atoms with Gasteiger partial charge in [0.1, 0.15) is 5.69 Å². The molecule has 0 aliphatic heterocycles. The molecule has 18 heavy (non-hydrogen) atoms. The Hall–Kier alpha value is -1.13. The third-order valence-electron chi connectivity index (χ3n) is 2.72. The summed E-state index contributed by atoms with van der Waals surface area (Å²) < 4.78 is 0.